The van der Waals surface area contributed by atoms with Gasteiger partial charge in [-0.1, -0.05) is 6.92 Å². The van der Waals surface area contributed by atoms with Gasteiger partial charge in [-0.3, -0.25) is 4.79 Å². The number of nitrogens with one attached hydrogen (secondary N) is 1. The van der Waals surface area contributed by atoms with Gasteiger partial charge in [0.1, 0.15) is 17.3 Å². The van der Waals surface area contributed by atoms with Crippen molar-refractivity contribution in [1.82, 2.24) is 15.3 Å². The quantitative estimate of drug-likeness (QED) is 0.886. The molecule has 2 aromatic rings. The Balaban J connectivity index is 2.02. The predicted molar refractivity (Wildman–Crippen MR) is 82.2 cm³/mol. The van der Waals surface area contributed by atoms with Crippen molar-refractivity contribution in [1.29, 1.82) is 0 Å². The van der Waals surface area contributed by atoms with Crippen LogP contribution in [0.5, 0.6) is 17.4 Å². The number of ether oxygens (including phenoxy) is 2. The van der Waals surface area contributed by atoms with E-state index in [0.29, 0.717) is 23.2 Å². The van der Waals surface area contributed by atoms with Gasteiger partial charge in [-0.2, -0.15) is 4.98 Å². The van der Waals surface area contributed by atoms with Crippen LogP contribution < -0.4 is 14.8 Å². The first-order valence-corrected chi connectivity index (χ1v) is 7.06. The maximum Gasteiger partial charge on any atom is 0.257 e. The summed E-state index contributed by atoms with van der Waals surface area (Å²) in [6, 6.07) is 8.84. The normalized spacial score (nSPS) is 10.1. The third-order valence-electron chi connectivity index (χ3n) is 2.92. The first-order chi connectivity index (χ1) is 10.6. The van der Waals surface area contributed by atoms with E-state index in [4.69, 9.17) is 9.47 Å². The lowest BCUT2D eigenvalue weighted by Gasteiger charge is -2.08. The van der Waals surface area contributed by atoms with E-state index in [-0.39, 0.29) is 12.5 Å². The highest BCUT2D eigenvalue weighted by Crippen LogP contribution is 2.23. The molecule has 0 aliphatic heterocycles. The highest BCUT2D eigenvalue weighted by molar-refractivity contribution is 5.77. The number of carbonyl (C=O) groups is 1. The Hall–Kier alpha value is -2.63. The molecule has 1 heterocycles. The van der Waals surface area contributed by atoms with E-state index in [0.717, 1.165) is 12.1 Å². The number of benzene rings is 1. The molecule has 0 spiro atoms. The van der Waals surface area contributed by atoms with Crippen molar-refractivity contribution in [2.75, 3.05) is 13.7 Å². The molecule has 6 nitrogen and oxygen atoms in total. The van der Waals surface area contributed by atoms with Crippen LogP contribution in [0, 0.1) is 6.92 Å². The largest absolute Gasteiger partial charge is 0.484 e. The summed E-state index contributed by atoms with van der Waals surface area (Å²) < 4.78 is 11.0. The van der Waals surface area contributed by atoms with Gasteiger partial charge in [-0.15, -0.1) is 0 Å². The molecule has 0 fully saturated rings. The van der Waals surface area contributed by atoms with Gasteiger partial charge >= 0.3 is 0 Å². The lowest BCUT2D eigenvalue weighted by molar-refractivity contribution is -0.122. The van der Waals surface area contributed by atoms with Crippen LogP contribution in [0.25, 0.3) is 0 Å². The molecule has 0 radical (unpaired) electrons. The summed E-state index contributed by atoms with van der Waals surface area (Å²) in [6.07, 6.45) is 0.825. The second kappa shape index (κ2) is 7.40. The number of aryl methyl sites for hydroxylation is 2. The second-order valence-electron chi connectivity index (χ2n) is 4.63. The number of aromatic nitrogens is 2. The molecule has 22 heavy (non-hydrogen) atoms. The fourth-order valence-corrected chi connectivity index (χ4v) is 1.78. The highest BCUT2D eigenvalue weighted by atomic mass is 16.5. The second-order valence-corrected chi connectivity index (χ2v) is 4.63. The first-order valence-electron chi connectivity index (χ1n) is 7.06. The number of nitrogens with zero attached hydrogens (tertiary/aromatic N) is 2. The number of hydrogen-bond donors (Lipinski definition) is 1. The Morgan fingerprint density at radius 2 is 1.86 bits per heavy atom. The molecule has 0 bridgehead atoms. The van der Waals surface area contributed by atoms with E-state index in [1.54, 1.807) is 31.3 Å². The van der Waals surface area contributed by atoms with Gasteiger partial charge in [0.15, 0.2) is 6.61 Å². The van der Waals surface area contributed by atoms with Gasteiger partial charge in [0, 0.05) is 18.8 Å². The van der Waals surface area contributed by atoms with Crippen LogP contribution in [0.4, 0.5) is 0 Å². The van der Waals surface area contributed by atoms with E-state index in [1.807, 2.05) is 19.9 Å². The number of rotatable bonds is 6. The number of hydrogen-bond acceptors (Lipinski definition) is 5. The lowest BCUT2D eigenvalue weighted by atomic mass is 10.3. The standard InChI is InChI=1S/C16H19N3O3/c1-4-12-9-16(19-11(2)18-12)22-14-7-5-13(6-8-14)21-10-15(20)17-3/h5-9H,4,10H2,1-3H3,(H,17,20). The minimum Gasteiger partial charge on any atom is -0.484 e. The van der Waals surface area contributed by atoms with E-state index < -0.39 is 0 Å². The van der Waals surface area contributed by atoms with Gasteiger partial charge < -0.3 is 14.8 Å². The van der Waals surface area contributed by atoms with Crippen molar-refractivity contribution in [3.63, 3.8) is 0 Å². The Kier molecular flexibility index (Phi) is 5.30. The fourth-order valence-electron chi connectivity index (χ4n) is 1.78. The molecule has 0 atom stereocenters. The summed E-state index contributed by atoms with van der Waals surface area (Å²) >= 11 is 0. The lowest BCUT2D eigenvalue weighted by Crippen LogP contribution is -2.24. The Bertz CT molecular complexity index is 642. The monoisotopic (exact) mass is 301 g/mol. The number of amides is 1. The average Bonchev–Trinajstić information content (AvgIpc) is 2.53. The van der Waals surface area contributed by atoms with Gasteiger partial charge in [-0.25, -0.2) is 4.98 Å². The molecule has 0 aliphatic rings. The molecule has 0 saturated carbocycles. The molecule has 0 unspecified atom stereocenters. The predicted octanol–water partition coefficient (Wildman–Crippen LogP) is 2.26. The smallest absolute Gasteiger partial charge is 0.257 e. The minimum atomic E-state index is -0.177. The van der Waals surface area contributed by atoms with Gasteiger partial charge in [0.25, 0.3) is 5.91 Å². The van der Waals surface area contributed by atoms with Crippen LogP contribution in [-0.2, 0) is 11.2 Å². The molecule has 2 rings (SSSR count). The number of carbonyl (C=O) groups excluding carboxylic acids is 1. The van der Waals surface area contributed by atoms with Crippen LogP contribution in [0.3, 0.4) is 0 Å². The average molecular weight is 301 g/mol. The van der Waals surface area contributed by atoms with Crippen molar-refractivity contribution in [2.24, 2.45) is 0 Å². The van der Waals surface area contributed by atoms with Crippen LogP contribution in [0.2, 0.25) is 0 Å². The summed E-state index contributed by atoms with van der Waals surface area (Å²) in [7, 11) is 1.57. The number of likely N-dealkylation sites (N-methyl/N-ethyl adjacent to an activating group) is 1. The first kappa shape index (κ1) is 15.8. The summed E-state index contributed by atoms with van der Waals surface area (Å²) in [4.78, 5) is 19.7. The molecule has 116 valence electrons. The third-order valence-corrected chi connectivity index (χ3v) is 2.92. The van der Waals surface area contributed by atoms with Gasteiger partial charge in [0.05, 0.1) is 0 Å². The van der Waals surface area contributed by atoms with Gasteiger partial charge in [-0.05, 0) is 37.6 Å². The fraction of sp³-hybridized carbons (Fsp3) is 0.312. The zero-order valence-electron chi connectivity index (χ0n) is 12.9. The Labute approximate surface area is 129 Å². The summed E-state index contributed by atoms with van der Waals surface area (Å²) in [5.41, 5.74) is 0.938. The molecule has 1 N–H and O–H groups in total. The Morgan fingerprint density at radius 1 is 1.18 bits per heavy atom. The SMILES string of the molecule is CCc1cc(Oc2ccc(OCC(=O)NC)cc2)nc(C)n1. The molecular formula is C16H19N3O3. The van der Waals surface area contributed by atoms with E-state index in [1.165, 1.54) is 0 Å². The molecule has 0 aliphatic carbocycles. The molecule has 1 amide bonds. The molecule has 1 aromatic heterocycles. The highest BCUT2D eigenvalue weighted by Gasteiger charge is 2.04. The van der Waals surface area contributed by atoms with Crippen LogP contribution in [0.1, 0.15) is 18.4 Å². The van der Waals surface area contributed by atoms with Crippen molar-refractivity contribution < 1.29 is 14.3 Å². The van der Waals surface area contributed by atoms with Crippen LogP contribution in [-0.4, -0.2) is 29.5 Å². The van der Waals surface area contributed by atoms with E-state index in [9.17, 15) is 4.79 Å². The minimum absolute atomic E-state index is 0.0122. The van der Waals surface area contributed by atoms with Crippen molar-refractivity contribution in [3.05, 3.63) is 41.9 Å². The zero-order chi connectivity index (χ0) is 15.9. The zero-order valence-corrected chi connectivity index (χ0v) is 12.9. The van der Waals surface area contributed by atoms with Crippen LogP contribution >= 0.6 is 0 Å². The van der Waals surface area contributed by atoms with Gasteiger partial charge in [0.2, 0.25) is 5.88 Å². The maximum absolute atomic E-state index is 11.1. The third kappa shape index (κ3) is 4.44. The summed E-state index contributed by atoms with van der Waals surface area (Å²) in [5, 5.41) is 2.49. The van der Waals surface area contributed by atoms with Crippen LogP contribution in [0.15, 0.2) is 30.3 Å². The van der Waals surface area contributed by atoms with Crippen molar-refractivity contribution in [3.8, 4) is 17.4 Å². The van der Waals surface area contributed by atoms with E-state index in [2.05, 4.69) is 15.3 Å². The van der Waals surface area contributed by atoms with Crippen molar-refractivity contribution >= 4 is 5.91 Å². The molecule has 1 aromatic carbocycles. The summed E-state index contributed by atoms with van der Waals surface area (Å²) in [6.45, 7) is 3.85. The molecule has 6 heteroatoms. The Morgan fingerprint density at radius 3 is 2.50 bits per heavy atom. The molecular weight excluding hydrogens is 282 g/mol. The maximum atomic E-state index is 11.1. The molecule has 0 saturated heterocycles. The van der Waals surface area contributed by atoms with E-state index >= 15 is 0 Å². The summed E-state index contributed by atoms with van der Waals surface area (Å²) in [5.74, 6) is 2.27. The topological polar surface area (TPSA) is 73.3 Å². The van der Waals surface area contributed by atoms with Crippen molar-refractivity contribution in [2.45, 2.75) is 20.3 Å².